The molecule has 0 radical (unpaired) electrons. The molecular weight excluding hydrogens is 262 g/mol. The summed E-state index contributed by atoms with van der Waals surface area (Å²) in [6, 6.07) is 8.84. The first-order chi connectivity index (χ1) is 7.79. The molecule has 0 saturated carbocycles. The highest BCUT2D eigenvalue weighted by atomic mass is 79.9. The Kier molecular flexibility index (Phi) is 4.42. The van der Waals surface area contributed by atoms with Crippen LogP contribution in [0.5, 0.6) is 0 Å². The molecule has 2 heteroatoms. The van der Waals surface area contributed by atoms with Crippen molar-refractivity contribution in [3.8, 4) is 0 Å². The fourth-order valence-electron chi connectivity index (χ4n) is 2.42. The van der Waals surface area contributed by atoms with Gasteiger partial charge in [0.1, 0.15) is 0 Å². The van der Waals surface area contributed by atoms with Crippen molar-refractivity contribution in [3.63, 3.8) is 0 Å². The van der Waals surface area contributed by atoms with Crippen molar-refractivity contribution in [1.29, 1.82) is 0 Å². The highest BCUT2D eigenvalue weighted by molar-refractivity contribution is 9.10. The summed E-state index contributed by atoms with van der Waals surface area (Å²) in [4.78, 5) is 2.61. The van der Waals surface area contributed by atoms with Crippen LogP contribution in [-0.2, 0) is 0 Å². The average Bonchev–Trinajstić information content (AvgIpc) is 2.76. The Morgan fingerprint density at radius 1 is 1.31 bits per heavy atom. The van der Waals surface area contributed by atoms with Gasteiger partial charge in [0.05, 0.1) is 0 Å². The Labute approximate surface area is 107 Å². The molecular formula is C14H20BrN. The topological polar surface area (TPSA) is 3.24 Å². The number of likely N-dealkylation sites (tertiary alicyclic amines) is 1. The quantitative estimate of drug-likeness (QED) is 0.805. The lowest BCUT2D eigenvalue weighted by Crippen LogP contribution is -2.21. The summed E-state index contributed by atoms with van der Waals surface area (Å²) in [5.74, 6) is 0.755. The molecule has 1 aromatic carbocycles. The number of unbranched alkanes of at least 4 members (excludes halogenated alkanes) is 1. The third-order valence-electron chi connectivity index (χ3n) is 3.44. The van der Waals surface area contributed by atoms with E-state index < -0.39 is 0 Å². The average molecular weight is 282 g/mol. The fraction of sp³-hybridized carbons (Fsp3) is 0.571. The van der Waals surface area contributed by atoms with E-state index in [1.54, 1.807) is 0 Å². The van der Waals surface area contributed by atoms with Gasteiger partial charge >= 0.3 is 0 Å². The second kappa shape index (κ2) is 5.83. The van der Waals surface area contributed by atoms with Crippen molar-refractivity contribution in [1.82, 2.24) is 4.90 Å². The van der Waals surface area contributed by atoms with Crippen molar-refractivity contribution in [2.24, 2.45) is 0 Å². The van der Waals surface area contributed by atoms with Crippen LogP contribution >= 0.6 is 15.9 Å². The SMILES string of the molecule is CCCCN1CCC(c2ccc(Br)cc2)C1. The maximum atomic E-state index is 3.49. The van der Waals surface area contributed by atoms with Crippen LogP contribution in [0.15, 0.2) is 28.7 Å². The first-order valence-electron chi connectivity index (χ1n) is 6.27. The predicted molar refractivity (Wildman–Crippen MR) is 72.8 cm³/mol. The van der Waals surface area contributed by atoms with E-state index in [1.165, 1.54) is 48.9 Å². The van der Waals surface area contributed by atoms with Crippen molar-refractivity contribution < 1.29 is 0 Å². The minimum absolute atomic E-state index is 0.755. The summed E-state index contributed by atoms with van der Waals surface area (Å²) in [6.45, 7) is 6.08. The lowest BCUT2D eigenvalue weighted by Gasteiger charge is -2.15. The number of hydrogen-bond donors (Lipinski definition) is 0. The monoisotopic (exact) mass is 281 g/mol. The van der Waals surface area contributed by atoms with Crippen molar-refractivity contribution in [3.05, 3.63) is 34.3 Å². The van der Waals surface area contributed by atoms with Gasteiger partial charge in [-0.2, -0.15) is 0 Å². The van der Waals surface area contributed by atoms with Gasteiger partial charge in [-0.25, -0.2) is 0 Å². The largest absolute Gasteiger partial charge is 0.303 e. The molecule has 0 aromatic heterocycles. The van der Waals surface area contributed by atoms with Gasteiger partial charge in [-0.05, 0) is 49.5 Å². The molecule has 2 rings (SSSR count). The highest BCUT2D eigenvalue weighted by Crippen LogP contribution is 2.28. The normalized spacial score (nSPS) is 21.5. The minimum Gasteiger partial charge on any atom is -0.303 e. The molecule has 1 fully saturated rings. The van der Waals surface area contributed by atoms with E-state index in [9.17, 15) is 0 Å². The molecule has 0 aliphatic carbocycles. The van der Waals surface area contributed by atoms with Crippen LogP contribution in [0.1, 0.15) is 37.7 Å². The van der Waals surface area contributed by atoms with Crippen LogP contribution in [0.2, 0.25) is 0 Å². The van der Waals surface area contributed by atoms with E-state index in [0.717, 1.165) is 5.92 Å². The lowest BCUT2D eigenvalue weighted by molar-refractivity contribution is 0.328. The van der Waals surface area contributed by atoms with Gasteiger partial charge in [0, 0.05) is 11.0 Å². The molecule has 1 aromatic rings. The van der Waals surface area contributed by atoms with E-state index in [0.29, 0.717) is 0 Å². The highest BCUT2D eigenvalue weighted by Gasteiger charge is 2.22. The molecule has 1 nitrogen and oxygen atoms in total. The minimum atomic E-state index is 0.755. The van der Waals surface area contributed by atoms with Gasteiger partial charge in [-0.1, -0.05) is 41.4 Å². The van der Waals surface area contributed by atoms with Gasteiger partial charge in [0.25, 0.3) is 0 Å². The molecule has 1 heterocycles. The van der Waals surface area contributed by atoms with Crippen molar-refractivity contribution in [2.75, 3.05) is 19.6 Å². The van der Waals surface area contributed by atoms with E-state index in [2.05, 4.69) is 52.0 Å². The number of hydrogen-bond acceptors (Lipinski definition) is 1. The molecule has 0 spiro atoms. The summed E-state index contributed by atoms with van der Waals surface area (Å²) in [7, 11) is 0. The number of halogens is 1. The van der Waals surface area contributed by atoms with Crippen LogP contribution in [0, 0.1) is 0 Å². The second-order valence-corrected chi connectivity index (χ2v) is 5.61. The van der Waals surface area contributed by atoms with Gasteiger partial charge in [-0.3, -0.25) is 0 Å². The first-order valence-corrected chi connectivity index (χ1v) is 7.06. The Morgan fingerprint density at radius 3 is 2.75 bits per heavy atom. The Hall–Kier alpha value is -0.340. The van der Waals surface area contributed by atoms with E-state index >= 15 is 0 Å². The maximum absolute atomic E-state index is 3.49. The molecule has 1 aliphatic rings. The van der Waals surface area contributed by atoms with Gasteiger partial charge in [0.2, 0.25) is 0 Å². The fourth-order valence-corrected chi connectivity index (χ4v) is 2.69. The third-order valence-corrected chi connectivity index (χ3v) is 3.97. The van der Waals surface area contributed by atoms with E-state index in [1.807, 2.05) is 0 Å². The number of rotatable bonds is 4. The van der Waals surface area contributed by atoms with Gasteiger partial charge in [0.15, 0.2) is 0 Å². The Morgan fingerprint density at radius 2 is 2.06 bits per heavy atom. The lowest BCUT2D eigenvalue weighted by atomic mass is 9.99. The van der Waals surface area contributed by atoms with Crippen LogP contribution in [-0.4, -0.2) is 24.5 Å². The molecule has 1 unspecified atom stereocenters. The van der Waals surface area contributed by atoms with Crippen molar-refractivity contribution >= 4 is 15.9 Å². The molecule has 1 atom stereocenters. The van der Waals surface area contributed by atoms with Crippen molar-refractivity contribution in [2.45, 2.75) is 32.1 Å². The zero-order valence-electron chi connectivity index (χ0n) is 9.95. The van der Waals surface area contributed by atoms with Gasteiger partial charge < -0.3 is 4.90 Å². The molecule has 1 saturated heterocycles. The zero-order chi connectivity index (χ0) is 11.4. The predicted octanol–water partition coefficient (Wildman–Crippen LogP) is 4.04. The maximum Gasteiger partial charge on any atom is 0.0175 e. The molecule has 0 amide bonds. The van der Waals surface area contributed by atoms with Crippen LogP contribution in [0.3, 0.4) is 0 Å². The first kappa shape index (κ1) is 12.1. The summed E-state index contributed by atoms with van der Waals surface area (Å²) in [6.07, 6.45) is 3.97. The summed E-state index contributed by atoms with van der Waals surface area (Å²) in [5, 5.41) is 0. The second-order valence-electron chi connectivity index (χ2n) is 4.69. The molecule has 16 heavy (non-hydrogen) atoms. The van der Waals surface area contributed by atoms with E-state index in [-0.39, 0.29) is 0 Å². The third kappa shape index (κ3) is 3.08. The summed E-state index contributed by atoms with van der Waals surface area (Å²) >= 11 is 3.49. The zero-order valence-corrected chi connectivity index (χ0v) is 11.5. The Balaban J connectivity index is 1.90. The molecule has 1 aliphatic heterocycles. The smallest absolute Gasteiger partial charge is 0.0175 e. The van der Waals surface area contributed by atoms with E-state index in [4.69, 9.17) is 0 Å². The number of nitrogens with zero attached hydrogens (tertiary/aromatic N) is 1. The van der Waals surface area contributed by atoms with Crippen LogP contribution in [0.25, 0.3) is 0 Å². The van der Waals surface area contributed by atoms with Crippen LogP contribution < -0.4 is 0 Å². The molecule has 0 bridgehead atoms. The van der Waals surface area contributed by atoms with Gasteiger partial charge in [-0.15, -0.1) is 0 Å². The Bertz CT molecular complexity index is 320. The standard InChI is InChI=1S/C14H20BrN/c1-2-3-9-16-10-8-13(11-16)12-4-6-14(15)7-5-12/h4-7,13H,2-3,8-11H2,1H3. The van der Waals surface area contributed by atoms with Crippen LogP contribution in [0.4, 0.5) is 0 Å². The molecule has 0 N–H and O–H groups in total. The summed E-state index contributed by atoms with van der Waals surface area (Å²) in [5.41, 5.74) is 1.50. The molecule has 88 valence electrons. The number of benzene rings is 1. The summed E-state index contributed by atoms with van der Waals surface area (Å²) < 4.78 is 1.18.